The first-order valence-corrected chi connectivity index (χ1v) is 18.3. The van der Waals surface area contributed by atoms with Gasteiger partial charge in [-0.1, -0.05) is 60.2 Å². The summed E-state index contributed by atoms with van der Waals surface area (Å²) in [6.07, 6.45) is 1.32. The fraction of sp³-hybridized carbons (Fsp3) is 0.353. The number of nitrogens with zero attached hydrogens (tertiary/aromatic N) is 3. The number of halogens is 1. The highest BCUT2D eigenvalue weighted by molar-refractivity contribution is 14.1. The van der Waals surface area contributed by atoms with E-state index in [1.54, 1.807) is 6.07 Å². The van der Waals surface area contributed by atoms with Crippen LogP contribution in [-0.4, -0.2) is 82.4 Å². The molecule has 5 rings (SSSR count). The Morgan fingerprint density at radius 1 is 1.17 bits per heavy atom. The molecule has 1 fully saturated rings. The Morgan fingerprint density at radius 3 is 2.52 bits per heavy atom. The minimum absolute atomic E-state index is 0.00738. The summed E-state index contributed by atoms with van der Waals surface area (Å²) in [6.45, 7) is 2.08. The number of methoxy groups -OCH3 is 1. The first-order chi connectivity index (χ1) is 22.9. The lowest BCUT2D eigenvalue weighted by molar-refractivity contribution is -0.135. The number of imide groups is 1. The Morgan fingerprint density at radius 2 is 1.88 bits per heavy atom. The normalized spacial score (nSPS) is 15.4. The molecule has 0 aliphatic carbocycles. The zero-order valence-corrected chi connectivity index (χ0v) is 30.0. The number of furan rings is 1. The maximum absolute atomic E-state index is 13.7. The summed E-state index contributed by atoms with van der Waals surface area (Å²) >= 11 is 2.00. The number of aromatic nitrogens is 1. The molecule has 1 aliphatic rings. The van der Waals surface area contributed by atoms with E-state index in [1.165, 1.54) is 18.5 Å². The first-order valence-electron chi connectivity index (χ1n) is 15.4. The molecular formula is C34H37IN4O8S. The van der Waals surface area contributed by atoms with Gasteiger partial charge >= 0.3 is 6.09 Å². The van der Waals surface area contributed by atoms with Gasteiger partial charge in [-0.25, -0.2) is 18.1 Å². The van der Waals surface area contributed by atoms with Crippen LogP contribution >= 0.6 is 22.6 Å². The summed E-state index contributed by atoms with van der Waals surface area (Å²) in [4.78, 5) is 45.1. The lowest BCUT2D eigenvalue weighted by Gasteiger charge is -2.26. The maximum Gasteiger partial charge on any atom is 0.416 e. The summed E-state index contributed by atoms with van der Waals surface area (Å²) in [5.41, 5.74) is 3.09. The van der Waals surface area contributed by atoms with Crippen molar-refractivity contribution in [2.45, 2.75) is 32.2 Å². The van der Waals surface area contributed by atoms with Crippen molar-refractivity contribution in [1.29, 1.82) is 0 Å². The van der Waals surface area contributed by atoms with Crippen molar-refractivity contribution in [3.8, 4) is 11.3 Å². The summed E-state index contributed by atoms with van der Waals surface area (Å²) in [6, 6.07) is 18.3. The molecule has 4 aromatic rings. The van der Waals surface area contributed by atoms with Crippen LogP contribution in [0.1, 0.15) is 34.3 Å². The summed E-state index contributed by atoms with van der Waals surface area (Å²) < 4.78 is 44.6. The average molecular weight is 789 g/mol. The number of fused-ring (bicyclic) bond motifs is 1. The van der Waals surface area contributed by atoms with Gasteiger partial charge in [0.05, 0.1) is 39.3 Å². The van der Waals surface area contributed by atoms with E-state index in [0.717, 1.165) is 22.3 Å². The zero-order valence-electron chi connectivity index (χ0n) is 27.1. The van der Waals surface area contributed by atoms with E-state index in [1.807, 2.05) is 84.1 Å². The molecule has 48 heavy (non-hydrogen) atoms. The SMILES string of the molecule is CNC(=O)c1c(-c2ccc(C)cc2)oc2nc(N(CCC[C@H](COC)C(=O)N3C(=O)OC[C@@H]3Cc3ccccc3)S(C)(=O)=O)c(I)cc12. The molecule has 14 heteroatoms. The number of hydrogen-bond acceptors (Lipinski definition) is 9. The fourth-order valence-corrected chi connectivity index (χ4v) is 7.58. The molecule has 2 atom stereocenters. The second-order valence-corrected chi connectivity index (χ2v) is 14.7. The number of anilines is 1. The minimum atomic E-state index is -3.84. The number of aryl methyl sites for hydroxylation is 1. The van der Waals surface area contributed by atoms with Crippen molar-refractivity contribution in [1.82, 2.24) is 15.2 Å². The molecule has 1 aliphatic heterocycles. The number of nitrogens with one attached hydrogen (secondary N) is 1. The van der Waals surface area contributed by atoms with Crippen LogP contribution in [0.3, 0.4) is 0 Å². The molecule has 0 saturated carbocycles. The van der Waals surface area contributed by atoms with Crippen LogP contribution in [0.2, 0.25) is 0 Å². The van der Waals surface area contributed by atoms with Gasteiger partial charge in [0, 0.05) is 26.3 Å². The number of hydrogen-bond donors (Lipinski definition) is 1. The Labute approximate surface area is 293 Å². The monoisotopic (exact) mass is 788 g/mol. The third kappa shape index (κ3) is 7.65. The summed E-state index contributed by atoms with van der Waals surface area (Å²) in [7, 11) is -0.853. The molecule has 0 spiro atoms. The van der Waals surface area contributed by atoms with Crippen molar-refractivity contribution >= 4 is 67.4 Å². The van der Waals surface area contributed by atoms with Crippen molar-refractivity contribution in [3.63, 3.8) is 0 Å². The average Bonchev–Trinajstić information content (AvgIpc) is 3.61. The molecule has 1 saturated heterocycles. The van der Waals surface area contributed by atoms with Crippen molar-refractivity contribution < 1.29 is 36.7 Å². The van der Waals surface area contributed by atoms with Crippen LogP contribution < -0.4 is 9.62 Å². The molecule has 1 N–H and O–H groups in total. The minimum Gasteiger partial charge on any atom is -0.447 e. The van der Waals surface area contributed by atoms with E-state index >= 15 is 0 Å². The molecule has 12 nitrogen and oxygen atoms in total. The highest BCUT2D eigenvalue weighted by atomic mass is 127. The van der Waals surface area contributed by atoms with E-state index in [-0.39, 0.29) is 50.0 Å². The van der Waals surface area contributed by atoms with E-state index in [0.29, 0.717) is 32.3 Å². The number of cyclic esters (lactones) is 1. The van der Waals surface area contributed by atoms with Crippen LogP contribution in [0.5, 0.6) is 0 Å². The number of carbonyl (C=O) groups excluding carboxylic acids is 3. The molecule has 0 bridgehead atoms. The van der Waals surface area contributed by atoms with Gasteiger partial charge in [0.15, 0.2) is 5.82 Å². The van der Waals surface area contributed by atoms with E-state index in [2.05, 4.69) is 10.3 Å². The third-order valence-corrected chi connectivity index (χ3v) is 10.1. The summed E-state index contributed by atoms with van der Waals surface area (Å²) in [5.74, 6) is -1.05. The van der Waals surface area contributed by atoms with E-state index in [4.69, 9.17) is 13.9 Å². The quantitative estimate of drug-likeness (QED) is 0.181. The van der Waals surface area contributed by atoms with Gasteiger partial charge in [-0.15, -0.1) is 0 Å². The molecule has 3 heterocycles. The molecule has 0 radical (unpaired) electrons. The Kier molecular flexibility index (Phi) is 11.1. The Balaban J connectivity index is 1.39. The third-order valence-electron chi connectivity index (χ3n) is 8.17. The predicted octanol–water partition coefficient (Wildman–Crippen LogP) is 5.17. The molecule has 2 aromatic heterocycles. The maximum atomic E-state index is 13.7. The Bertz CT molecular complexity index is 1910. The molecular weight excluding hydrogens is 751 g/mol. The van der Waals surface area contributed by atoms with E-state index < -0.39 is 34.0 Å². The number of benzene rings is 2. The number of sulfonamides is 1. The van der Waals surface area contributed by atoms with Gasteiger partial charge in [0.25, 0.3) is 5.91 Å². The van der Waals surface area contributed by atoms with Gasteiger partial charge in [-0.05, 0) is 60.4 Å². The van der Waals surface area contributed by atoms with Gasteiger partial charge in [-0.3, -0.25) is 13.9 Å². The fourth-order valence-electron chi connectivity index (χ4n) is 5.78. The van der Waals surface area contributed by atoms with Crippen LogP contribution in [0.25, 0.3) is 22.4 Å². The molecule has 0 unspecified atom stereocenters. The van der Waals surface area contributed by atoms with E-state index in [9.17, 15) is 22.8 Å². The molecule has 3 amide bonds. The van der Waals surface area contributed by atoms with Crippen LogP contribution in [0.15, 0.2) is 65.1 Å². The molecule has 2 aromatic carbocycles. The lowest BCUT2D eigenvalue weighted by Crippen LogP contribution is -2.45. The topological polar surface area (TPSA) is 148 Å². The predicted molar refractivity (Wildman–Crippen MR) is 189 cm³/mol. The number of ether oxygens (including phenoxy) is 2. The van der Waals surface area contributed by atoms with Crippen LogP contribution in [-0.2, 0) is 30.7 Å². The first kappa shape index (κ1) is 35.3. The summed E-state index contributed by atoms with van der Waals surface area (Å²) in [5, 5.41) is 3.10. The highest BCUT2D eigenvalue weighted by Gasteiger charge is 2.41. The lowest BCUT2D eigenvalue weighted by atomic mass is 10.00. The van der Waals surface area contributed by atoms with Gasteiger partial charge in [-0.2, -0.15) is 4.98 Å². The smallest absolute Gasteiger partial charge is 0.416 e. The number of pyridine rings is 1. The van der Waals surface area contributed by atoms with Crippen LogP contribution in [0.4, 0.5) is 10.6 Å². The molecule has 254 valence electrons. The van der Waals surface area contributed by atoms with Crippen molar-refractivity contribution in [3.05, 3.63) is 80.9 Å². The Hall–Kier alpha value is -4.02. The van der Waals surface area contributed by atoms with Crippen LogP contribution in [0, 0.1) is 16.4 Å². The van der Waals surface area contributed by atoms with Gasteiger partial charge < -0.3 is 19.2 Å². The second kappa shape index (κ2) is 15.0. The highest BCUT2D eigenvalue weighted by Crippen LogP contribution is 2.37. The number of carbonyl (C=O) groups is 3. The van der Waals surface area contributed by atoms with Crippen molar-refractivity contribution in [2.24, 2.45) is 5.92 Å². The van der Waals surface area contributed by atoms with Crippen molar-refractivity contribution in [2.75, 3.05) is 44.5 Å². The largest absolute Gasteiger partial charge is 0.447 e. The van der Waals surface area contributed by atoms with Gasteiger partial charge in [0.1, 0.15) is 12.4 Å². The number of rotatable bonds is 13. The standard InChI is InChI=1S/C34H37IN4O8S/c1-21-12-14-23(15-13-21)29-28(31(40)36-2)26-18-27(35)30(37-32(26)47-29)38(48(4,43)44)16-8-11-24(19-45-3)33(41)39-25(20-46-34(39)42)17-22-9-6-5-7-10-22/h5-7,9-10,12-15,18,24-25H,8,11,16-17,19-20H2,1-4H3,(H,36,40)/t24-,25+/m1/s1. The van der Waals surface area contributed by atoms with Gasteiger partial charge in [0.2, 0.25) is 21.6 Å². The zero-order chi connectivity index (χ0) is 34.6. The second-order valence-electron chi connectivity index (χ2n) is 11.7. The number of amides is 3.